The molecular formula is C12H13NOS. The normalized spacial score (nSPS) is 10.5. The van der Waals surface area contributed by atoms with Crippen LogP contribution < -0.4 is 0 Å². The van der Waals surface area contributed by atoms with Gasteiger partial charge in [-0.3, -0.25) is 0 Å². The van der Waals surface area contributed by atoms with Crippen molar-refractivity contribution in [2.75, 3.05) is 0 Å². The van der Waals surface area contributed by atoms with E-state index in [-0.39, 0.29) is 6.61 Å². The molecule has 0 radical (unpaired) electrons. The van der Waals surface area contributed by atoms with Crippen molar-refractivity contribution >= 4 is 11.3 Å². The van der Waals surface area contributed by atoms with Crippen molar-refractivity contribution in [2.45, 2.75) is 20.0 Å². The van der Waals surface area contributed by atoms with Crippen LogP contribution in [0.5, 0.6) is 0 Å². The van der Waals surface area contributed by atoms with Crippen LogP contribution in [0.1, 0.15) is 18.2 Å². The second-order valence-corrected chi connectivity index (χ2v) is 4.21. The smallest absolute Gasteiger partial charge is 0.123 e. The van der Waals surface area contributed by atoms with Gasteiger partial charge in [0, 0.05) is 10.9 Å². The number of aromatic nitrogens is 1. The minimum absolute atomic E-state index is 0.0178. The Balaban J connectivity index is 2.35. The maximum atomic E-state index is 8.94. The molecule has 0 bridgehead atoms. The van der Waals surface area contributed by atoms with Crippen LogP contribution in [0.15, 0.2) is 29.6 Å². The molecule has 0 fully saturated rings. The standard InChI is InChI=1S/C12H13NOS/c1-2-9-4-3-5-10(6-9)12-13-11(7-14)8-15-12/h3-6,8,14H,2,7H2,1H3. The molecule has 0 saturated heterocycles. The van der Waals surface area contributed by atoms with E-state index in [1.54, 1.807) is 11.3 Å². The van der Waals surface area contributed by atoms with Gasteiger partial charge in [0.05, 0.1) is 12.3 Å². The first-order valence-corrected chi connectivity index (χ1v) is 5.86. The first-order valence-electron chi connectivity index (χ1n) is 4.98. The second kappa shape index (κ2) is 4.55. The van der Waals surface area contributed by atoms with Gasteiger partial charge >= 0.3 is 0 Å². The van der Waals surface area contributed by atoms with Gasteiger partial charge in [-0.1, -0.05) is 25.1 Å². The molecule has 0 amide bonds. The molecule has 0 aliphatic rings. The van der Waals surface area contributed by atoms with Crippen LogP contribution >= 0.6 is 11.3 Å². The SMILES string of the molecule is CCc1cccc(-c2nc(CO)cs2)c1. The van der Waals surface area contributed by atoms with E-state index in [1.165, 1.54) is 5.56 Å². The first-order chi connectivity index (χ1) is 7.33. The molecule has 1 heterocycles. The summed E-state index contributed by atoms with van der Waals surface area (Å²) >= 11 is 1.58. The van der Waals surface area contributed by atoms with E-state index in [4.69, 9.17) is 5.11 Å². The Bertz CT molecular complexity index is 450. The number of thiazole rings is 1. The number of hydrogen-bond acceptors (Lipinski definition) is 3. The molecule has 0 unspecified atom stereocenters. The summed E-state index contributed by atoms with van der Waals surface area (Å²) in [6.07, 6.45) is 1.03. The largest absolute Gasteiger partial charge is 0.390 e. The average molecular weight is 219 g/mol. The summed E-state index contributed by atoms with van der Waals surface area (Å²) in [5, 5.41) is 11.8. The highest BCUT2D eigenvalue weighted by Gasteiger charge is 2.04. The average Bonchev–Trinajstić information content (AvgIpc) is 2.78. The quantitative estimate of drug-likeness (QED) is 0.861. The minimum atomic E-state index is 0.0178. The molecule has 2 aromatic rings. The predicted molar refractivity (Wildman–Crippen MR) is 62.9 cm³/mol. The molecule has 2 nitrogen and oxygen atoms in total. The Kier molecular flexibility index (Phi) is 3.14. The van der Waals surface area contributed by atoms with Crippen molar-refractivity contribution in [3.63, 3.8) is 0 Å². The monoisotopic (exact) mass is 219 g/mol. The lowest BCUT2D eigenvalue weighted by molar-refractivity contribution is 0.278. The summed E-state index contributed by atoms with van der Waals surface area (Å²) in [5.41, 5.74) is 3.20. The van der Waals surface area contributed by atoms with E-state index in [0.29, 0.717) is 0 Å². The molecule has 2 rings (SSSR count). The molecular weight excluding hydrogens is 206 g/mol. The van der Waals surface area contributed by atoms with Crippen LogP contribution in [0.2, 0.25) is 0 Å². The van der Waals surface area contributed by atoms with Crippen molar-refractivity contribution in [1.82, 2.24) is 4.98 Å². The fourth-order valence-corrected chi connectivity index (χ4v) is 2.24. The minimum Gasteiger partial charge on any atom is -0.390 e. The lowest BCUT2D eigenvalue weighted by Crippen LogP contribution is -1.84. The summed E-state index contributed by atoms with van der Waals surface area (Å²) < 4.78 is 0. The predicted octanol–water partition coefficient (Wildman–Crippen LogP) is 2.86. The second-order valence-electron chi connectivity index (χ2n) is 3.36. The topological polar surface area (TPSA) is 33.1 Å². The van der Waals surface area contributed by atoms with Crippen molar-refractivity contribution in [3.8, 4) is 10.6 Å². The van der Waals surface area contributed by atoms with Gasteiger partial charge in [0.2, 0.25) is 0 Å². The van der Waals surface area contributed by atoms with E-state index in [9.17, 15) is 0 Å². The molecule has 1 aromatic carbocycles. The number of aliphatic hydroxyl groups excluding tert-OH is 1. The summed E-state index contributed by atoms with van der Waals surface area (Å²) in [6, 6.07) is 8.37. The van der Waals surface area contributed by atoms with E-state index in [1.807, 2.05) is 11.4 Å². The fourth-order valence-electron chi connectivity index (χ4n) is 1.44. The van der Waals surface area contributed by atoms with Crippen molar-refractivity contribution in [3.05, 3.63) is 40.9 Å². The van der Waals surface area contributed by atoms with Gasteiger partial charge < -0.3 is 5.11 Å². The number of aryl methyl sites for hydroxylation is 1. The number of aliphatic hydroxyl groups is 1. The van der Waals surface area contributed by atoms with Crippen molar-refractivity contribution in [1.29, 1.82) is 0 Å². The molecule has 1 aromatic heterocycles. The van der Waals surface area contributed by atoms with Gasteiger partial charge in [-0.2, -0.15) is 0 Å². The Morgan fingerprint density at radius 2 is 2.27 bits per heavy atom. The third-order valence-corrected chi connectivity index (χ3v) is 3.24. The number of rotatable bonds is 3. The lowest BCUT2D eigenvalue weighted by Gasteiger charge is -1.99. The van der Waals surface area contributed by atoms with Gasteiger partial charge in [-0.25, -0.2) is 4.98 Å². The van der Waals surface area contributed by atoms with Crippen LogP contribution in [0.25, 0.3) is 10.6 Å². The molecule has 78 valence electrons. The highest BCUT2D eigenvalue weighted by atomic mass is 32.1. The van der Waals surface area contributed by atoms with E-state index >= 15 is 0 Å². The summed E-state index contributed by atoms with van der Waals surface area (Å²) in [4.78, 5) is 4.34. The van der Waals surface area contributed by atoms with Gasteiger partial charge in [0.1, 0.15) is 5.01 Å². The third-order valence-electron chi connectivity index (χ3n) is 2.30. The van der Waals surface area contributed by atoms with Gasteiger partial charge in [-0.05, 0) is 18.1 Å². The Labute approximate surface area is 93.2 Å². The zero-order valence-electron chi connectivity index (χ0n) is 8.60. The number of benzene rings is 1. The molecule has 15 heavy (non-hydrogen) atoms. The van der Waals surface area contributed by atoms with Crippen LogP contribution in [-0.2, 0) is 13.0 Å². The van der Waals surface area contributed by atoms with E-state index in [2.05, 4.69) is 30.1 Å². The van der Waals surface area contributed by atoms with E-state index < -0.39 is 0 Å². The molecule has 0 saturated carbocycles. The summed E-state index contributed by atoms with van der Waals surface area (Å²) in [7, 11) is 0. The molecule has 0 atom stereocenters. The highest BCUT2D eigenvalue weighted by molar-refractivity contribution is 7.13. The highest BCUT2D eigenvalue weighted by Crippen LogP contribution is 2.24. The Morgan fingerprint density at radius 3 is 2.93 bits per heavy atom. The van der Waals surface area contributed by atoms with Crippen LogP contribution in [0.3, 0.4) is 0 Å². The van der Waals surface area contributed by atoms with Gasteiger partial charge in [0.25, 0.3) is 0 Å². The molecule has 0 spiro atoms. The fraction of sp³-hybridized carbons (Fsp3) is 0.250. The zero-order chi connectivity index (χ0) is 10.7. The molecule has 3 heteroatoms. The third kappa shape index (κ3) is 2.25. The van der Waals surface area contributed by atoms with Crippen LogP contribution in [-0.4, -0.2) is 10.1 Å². The summed E-state index contributed by atoms with van der Waals surface area (Å²) in [6.45, 7) is 2.16. The van der Waals surface area contributed by atoms with Crippen LogP contribution in [0.4, 0.5) is 0 Å². The lowest BCUT2D eigenvalue weighted by atomic mass is 10.1. The van der Waals surface area contributed by atoms with Crippen molar-refractivity contribution in [2.24, 2.45) is 0 Å². The first kappa shape index (κ1) is 10.3. The number of hydrogen-bond donors (Lipinski definition) is 1. The number of nitrogens with zero attached hydrogens (tertiary/aromatic N) is 1. The van der Waals surface area contributed by atoms with Crippen LogP contribution in [0, 0.1) is 0 Å². The van der Waals surface area contributed by atoms with E-state index in [0.717, 1.165) is 22.7 Å². The Morgan fingerprint density at radius 1 is 1.40 bits per heavy atom. The van der Waals surface area contributed by atoms with Gasteiger partial charge in [-0.15, -0.1) is 11.3 Å². The molecule has 0 aliphatic heterocycles. The van der Waals surface area contributed by atoms with Gasteiger partial charge in [0.15, 0.2) is 0 Å². The molecule has 0 aliphatic carbocycles. The zero-order valence-corrected chi connectivity index (χ0v) is 9.42. The maximum absolute atomic E-state index is 8.94. The Hall–Kier alpha value is -1.19. The maximum Gasteiger partial charge on any atom is 0.123 e. The molecule has 1 N–H and O–H groups in total. The summed E-state index contributed by atoms with van der Waals surface area (Å²) in [5.74, 6) is 0. The van der Waals surface area contributed by atoms with Crippen molar-refractivity contribution < 1.29 is 5.11 Å².